The molecular formula is C75H142O6. The Labute approximate surface area is 506 Å². The number of carbonyl (C=O) groups excluding carboxylic acids is 3. The highest BCUT2D eigenvalue weighted by atomic mass is 16.6. The molecule has 1 atom stereocenters. The highest BCUT2D eigenvalue weighted by Crippen LogP contribution is 2.19. The first-order valence-corrected chi connectivity index (χ1v) is 36.8. The van der Waals surface area contributed by atoms with Gasteiger partial charge in [0.1, 0.15) is 13.2 Å². The van der Waals surface area contributed by atoms with Crippen LogP contribution in [0.2, 0.25) is 0 Å². The van der Waals surface area contributed by atoms with Gasteiger partial charge in [-0.15, -0.1) is 0 Å². The molecule has 0 amide bonds. The zero-order valence-electron chi connectivity index (χ0n) is 55.1. The molecule has 0 aromatic heterocycles. The van der Waals surface area contributed by atoms with Gasteiger partial charge in [-0.3, -0.25) is 14.4 Å². The summed E-state index contributed by atoms with van der Waals surface area (Å²) in [5.41, 5.74) is 0. The van der Waals surface area contributed by atoms with Crippen molar-refractivity contribution >= 4 is 17.9 Å². The maximum Gasteiger partial charge on any atom is 0.306 e. The van der Waals surface area contributed by atoms with Gasteiger partial charge in [-0.1, -0.05) is 373 Å². The Morgan fingerprint density at radius 1 is 0.247 bits per heavy atom. The number of rotatable bonds is 69. The van der Waals surface area contributed by atoms with Crippen LogP contribution < -0.4 is 0 Å². The minimum absolute atomic E-state index is 0.0709. The predicted octanol–water partition coefficient (Wildman–Crippen LogP) is 25.3. The summed E-state index contributed by atoms with van der Waals surface area (Å²) in [6, 6.07) is 0. The lowest BCUT2D eigenvalue weighted by atomic mass is 10.0. The second-order valence-electron chi connectivity index (χ2n) is 25.2. The third kappa shape index (κ3) is 68.6. The molecule has 0 spiro atoms. The number of hydrogen-bond donors (Lipinski definition) is 0. The van der Waals surface area contributed by atoms with Crippen LogP contribution in [0.15, 0.2) is 24.3 Å². The quantitative estimate of drug-likeness (QED) is 0.0261. The van der Waals surface area contributed by atoms with Gasteiger partial charge in [0.15, 0.2) is 6.10 Å². The second kappa shape index (κ2) is 70.4. The number of esters is 3. The first kappa shape index (κ1) is 78.9. The molecule has 0 radical (unpaired) electrons. The molecule has 6 nitrogen and oxygen atoms in total. The van der Waals surface area contributed by atoms with Crippen LogP contribution in [-0.4, -0.2) is 37.2 Å². The number of ether oxygens (including phenoxy) is 3. The minimum atomic E-state index is -0.775. The summed E-state index contributed by atoms with van der Waals surface area (Å²) in [4.78, 5) is 38.4. The Hall–Kier alpha value is -2.11. The van der Waals surface area contributed by atoms with Crippen LogP contribution >= 0.6 is 0 Å². The van der Waals surface area contributed by atoms with E-state index in [1.807, 2.05) is 0 Å². The summed E-state index contributed by atoms with van der Waals surface area (Å²) >= 11 is 0. The molecule has 0 heterocycles. The van der Waals surface area contributed by atoms with Crippen LogP contribution in [0.1, 0.15) is 419 Å². The summed E-state index contributed by atoms with van der Waals surface area (Å²) in [7, 11) is 0. The fourth-order valence-electron chi connectivity index (χ4n) is 11.4. The van der Waals surface area contributed by atoms with Crippen molar-refractivity contribution in [1.82, 2.24) is 0 Å². The molecule has 6 heteroatoms. The highest BCUT2D eigenvalue weighted by molar-refractivity contribution is 5.71. The van der Waals surface area contributed by atoms with Crippen molar-refractivity contribution in [2.45, 2.75) is 425 Å². The fraction of sp³-hybridized carbons (Fsp3) is 0.907. The van der Waals surface area contributed by atoms with E-state index >= 15 is 0 Å². The summed E-state index contributed by atoms with van der Waals surface area (Å²) in [5, 5.41) is 0. The van der Waals surface area contributed by atoms with Gasteiger partial charge in [0.25, 0.3) is 0 Å². The van der Waals surface area contributed by atoms with Crippen LogP contribution in [0, 0.1) is 0 Å². The molecule has 81 heavy (non-hydrogen) atoms. The van der Waals surface area contributed by atoms with Gasteiger partial charge in [0.05, 0.1) is 0 Å². The highest BCUT2D eigenvalue weighted by Gasteiger charge is 2.20. The van der Waals surface area contributed by atoms with Crippen molar-refractivity contribution in [2.75, 3.05) is 13.2 Å². The third-order valence-corrected chi connectivity index (χ3v) is 17.0. The van der Waals surface area contributed by atoms with Crippen molar-refractivity contribution in [1.29, 1.82) is 0 Å². The molecule has 0 aromatic rings. The van der Waals surface area contributed by atoms with E-state index in [0.29, 0.717) is 19.3 Å². The Balaban J connectivity index is 4.06. The first-order chi connectivity index (χ1) is 40.0. The Morgan fingerprint density at radius 3 is 0.704 bits per heavy atom. The number of hydrogen-bond acceptors (Lipinski definition) is 6. The van der Waals surface area contributed by atoms with Crippen molar-refractivity contribution in [3.8, 4) is 0 Å². The van der Waals surface area contributed by atoms with Gasteiger partial charge < -0.3 is 14.2 Å². The molecule has 0 N–H and O–H groups in total. The molecule has 0 saturated carbocycles. The van der Waals surface area contributed by atoms with Crippen molar-refractivity contribution in [2.24, 2.45) is 0 Å². The van der Waals surface area contributed by atoms with E-state index in [4.69, 9.17) is 14.2 Å². The zero-order chi connectivity index (χ0) is 58.5. The average molecular weight is 1140 g/mol. The van der Waals surface area contributed by atoms with E-state index in [2.05, 4.69) is 45.1 Å². The van der Waals surface area contributed by atoms with E-state index in [-0.39, 0.29) is 31.1 Å². The maximum absolute atomic E-state index is 12.9. The Bertz CT molecular complexity index is 1310. The Kier molecular flexibility index (Phi) is 68.5. The summed E-state index contributed by atoms with van der Waals surface area (Å²) in [5.74, 6) is -0.854. The SMILES string of the molecule is CCCCC/C=C\C/C=C\CCCCCCCC(=O)OC(COC(=O)CCCCCCCCCCCCCCCC)COC(=O)CCCCCCCCCCCCCCCCCCCCCCCCCCCCCCCCCCCC. The Morgan fingerprint density at radius 2 is 0.444 bits per heavy atom. The number of carbonyl (C=O) groups is 3. The van der Waals surface area contributed by atoms with Gasteiger partial charge in [0, 0.05) is 19.3 Å². The maximum atomic E-state index is 12.9. The molecule has 1 unspecified atom stereocenters. The van der Waals surface area contributed by atoms with E-state index < -0.39 is 6.10 Å². The molecule has 0 aromatic carbocycles. The zero-order valence-corrected chi connectivity index (χ0v) is 55.1. The lowest BCUT2D eigenvalue weighted by molar-refractivity contribution is -0.167. The van der Waals surface area contributed by atoms with Gasteiger partial charge in [-0.2, -0.15) is 0 Å². The molecule has 0 saturated heterocycles. The van der Waals surface area contributed by atoms with Crippen LogP contribution in [0.5, 0.6) is 0 Å². The molecule has 0 aliphatic heterocycles. The lowest BCUT2D eigenvalue weighted by Crippen LogP contribution is -2.30. The standard InChI is InChI=1S/C75H142O6/c1-4-7-10-13-16-19-22-25-28-29-30-31-32-33-34-35-36-37-38-39-40-41-42-43-44-45-46-48-50-53-56-59-62-65-68-74(77)80-71-72(70-79-73(76)67-64-61-58-55-52-49-27-24-21-18-15-12-9-6-3)81-75(78)69-66-63-60-57-54-51-47-26-23-20-17-14-11-8-5-2/h17,20,26,47,72H,4-16,18-19,21-25,27-46,48-71H2,1-3H3/b20-17-,47-26-. The smallest absolute Gasteiger partial charge is 0.306 e. The number of unbranched alkanes of at least 4 members (excludes halogenated alkanes) is 54. The largest absolute Gasteiger partial charge is 0.462 e. The van der Waals surface area contributed by atoms with E-state index in [9.17, 15) is 14.4 Å². The van der Waals surface area contributed by atoms with Crippen LogP contribution in [-0.2, 0) is 28.6 Å². The minimum Gasteiger partial charge on any atom is -0.462 e. The molecule has 0 aliphatic carbocycles. The fourth-order valence-corrected chi connectivity index (χ4v) is 11.4. The monoisotopic (exact) mass is 1140 g/mol. The average Bonchev–Trinajstić information content (AvgIpc) is 3.47. The molecule has 0 aliphatic rings. The molecule has 0 bridgehead atoms. The van der Waals surface area contributed by atoms with Crippen LogP contribution in [0.4, 0.5) is 0 Å². The summed E-state index contributed by atoms with van der Waals surface area (Å²) in [6.07, 6.45) is 86.7. The summed E-state index contributed by atoms with van der Waals surface area (Å²) < 4.78 is 17.0. The summed E-state index contributed by atoms with van der Waals surface area (Å²) in [6.45, 7) is 6.68. The normalized spacial score (nSPS) is 12.1. The van der Waals surface area contributed by atoms with E-state index in [1.54, 1.807) is 0 Å². The molecular weight excluding hydrogens is 997 g/mol. The lowest BCUT2D eigenvalue weighted by Gasteiger charge is -2.18. The van der Waals surface area contributed by atoms with Crippen molar-refractivity contribution < 1.29 is 28.6 Å². The van der Waals surface area contributed by atoms with E-state index in [1.165, 1.54) is 302 Å². The van der Waals surface area contributed by atoms with Gasteiger partial charge in [-0.25, -0.2) is 0 Å². The molecule has 0 rings (SSSR count). The van der Waals surface area contributed by atoms with Crippen molar-refractivity contribution in [3.05, 3.63) is 24.3 Å². The molecule has 0 fully saturated rings. The predicted molar refractivity (Wildman–Crippen MR) is 353 cm³/mol. The van der Waals surface area contributed by atoms with Gasteiger partial charge in [-0.05, 0) is 51.4 Å². The second-order valence-corrected chi connectivity index (χ2v) is 25.2. The number of allylic oxidation sites excluding steroid dienone is 4. The topological polar surface area (TPSA) is 78.9 Å². The van der Waals surface area contributed by atoms with Crippen molar-refractivity contribution in [3.63, 3.8) is 0 Å². The molecule has 478 valence electrons. The first-order valence-electron chi connectivity index (χ1n) is 36.8. The van der Waals surface area contributed by atoms with Crippen LogP contribution in [0.25, 0.3) is 0 Å². The van der Waals surface area contributed by atoms with Gasteiger partial charge in [0.2, 0.25) is 0 Å². The van der Waals surface area contributed by atoms with Crippen LogP contribution in [0.3, 0.4) is 0 Å². The van der Waals surface area contributed by atoms with Gasteiger partial charge >= 0.3 is 17.9 Å². The van der Waals surface area contributed by atoms with E-state index in [0.717, 1.165) is 77.0 Å². The third-order valence-electron chi connectivity index (χ3n) is 17.0.